The highest BCUT2D eigenvalue weighted by Crippen LogP contribution is 2.24. The van der Waals surface area contributed by atoms with E-state index in [1.807, 2.05) is 12.3 Å². The molecule has 24 heavy (non-hydrogen) atoms. The fourth-order valence-electron chi connectivity index (χ4n) is 3.57. The third-order valence-electron chi connectivity index (χ3n) is 4.88. The van der Waals surface area contributed by atoms with Gasteiger partial charge < -0.3 is 9.73 Å². The molecule has 0 bridgehead atoms. The van der Waals surface area contributed by atoms with E-state index in [4.69, 9.17) is 4.42 Å². The summed E-state index contributed by atoms with van der Waals surface area (Å²) in [7, 11) is 0. The summed E-state index contributed by atoms with van der Waals surface area (Å²) in [6.07, 6.45) is 7.55. The quantitative estimate of drug-likeness (QED) is 0.729. The first-order valence-corrected chi connectivity index (χ1v) is 8.80. The Balaban J connectivity index is 1.40. The SMILES string of the molecule is c1coc(C(CNCc2ccc3cn[nH]c3c2)N2CCCCC2)c1. The lowest BCUT2D eigenvalue weighted by molar-refractivity contribution is 0.142. The van der Waals surface area contributed by atoms with Crippen molar-refractivity contribution in [3.63, 3.8) is 0 Å². The summed E-state index contributed by atoms with van der Waals surface area (Å²) >= 11 is 0. The number of furan rings is 1. The number of piperidine rings is 1. The Kier molecular flexibility index (Phi) is 4.62. The molecule has 1 fully saturated rings. The average Bonchev–Trinajstić information content (AvgIpc) is 3.30. The molecular weight excluding hydrogens is 300 g/mol. The summed E-state index contributed by atoms with van der Waals surface area (Å²) in [6.45, 7) is 4.06. The topological polar surface area (TPSA) is 57.1 Å². The third-order valence-corrected chi connectivity index (χ3v) is 4.88. The number of hydrogen-bond donors (Lipinski definition) is 2. The van der Waals surface area contributed by atoms with Crippen molar-refractivity contribution in [3.8, 4) is 0 Å². The second-order valence-corrected chi connectivity index (χ2v) is 6.55. The van der Waals surface area contributed by atoms with Crippen LogP contribution in [0.5, 0.6) is 0 Å². The molecule has 1 atom stereocenters. The molecule has 5 nitrogen and oxygen atoms in total. The summed E-state index contributed by atoms with van der Waals surface area (Å²) in [5, 5.41) is 11.9. The largest absolute Gasteiger partial charge is 0.468 e. The first-order chi connectivity index (χ1) is 11.9. The van der Waals surface area contributed by atoms with Gasteiger partial charge in [-0.1, -0.05) is 18.6 Å². The number of aromatic nitrogens is 2. The maximum atomic E-state index is 5.70. The predicted molar refractivity (Wildman–Crippen MR) is 94.7 cm³/mol. The highest BCUT2D eigenvalue weighted by Gasteiger charge is 2.23. The number of hydrogen-bond acceptors (Lipinski definition) is 4. The molecule has 1 unspecified atom stereocenters. The summed E-state index contributed by atoms with van der Waals surface area (Å²) in [6, 6.07) is 10.8. The van der Waals surface area contributed by atoms with Crippen molar-refractivity contribution in [2.24, 2.45) is 0 Å². The van der Waals surface area contributed by atoms with Gasteiger partial charge in [-0.3, -0.25) is 10.00 Å². The molecule has 1 aromatic carbocycles. The van der Waals surface area contributed by atoms with E-state index in [2.05, 4.69) is 44.7 Å². The molecule has 1 aliphatic rings. The predicted octanol–water partition coefficient (Wildman–Crippen LogP) is 3.47. The minimum atomic E-state index is 0.316. The number of nitrogens with zero attached hydrogens (tertiary/aromatic N) is 2. The molecule has 4 rings (SSSR count). The number of rotatable bonds is 6. The van der Waals surface area contributed by atoms with Crippen LogP contribution in [-0.2, 0) is 6.54 Å². The zero-order valence-electron chi connectivity index (χ0n) is 13.9. The minimum absolute atomic E-state index is 0.316. The van der Waals surface area contributed by atoms with Crippen LogP contribution in [0.2, 0.25) is 0 Å². The summed E-state index contributed by atoms with van der Waals surface area (Å²) in [4.78, 5) is 2.55. The van der Waals surface area contributed by atoms with Crippen LogP contribution < -0.4 is 5.32 Å². The fraction of sp³-hybridized carbons (Fsp3) is 0.421. The number of H-pyrrole nitrogens is 1. The van der Waals surface area contributed by atoms with Gasteiger partial charge in [0.05, 0.1) is 24.0 Å². The number of fused-ring (bicyclic) bond motifs is 1. The van der Waals surface area contributed by atoms with Crippen molar-refractivity contribution in [2.75, 3.05) is 19.6 Å². The molecule has 3 aromatic rings. The van der Waals surface area contributed by atoms with E-state index in [9.17, 15) is 0 Å². The fourth-order valence-corrected chi connectivity index (χ4v) is 3.57. The first kappa shape index (κ1) is 15.4. The number of likely N-dealkylation sites (tertiary alicyclic amines) is 1. The Hall–Kier alpha value is -2.11. The van der Waals surface area contributed by atoms with Gasteiger partial charge in [0.15, 0.2) is 0 Å². The molecule has 0 saturated carbocycles. The minimum Gasteiger partial charge on any atom is -0.468 e. The highest BCUT2D eigenvalue weighted by molar-refractivity contribution is 5.78. The Labute approximate surface area is 142 Å². The zero-order valence-corrected chi connectivity index (χ0v) is 13.9. The number of benzene rings is 1. The molecule has 1 aliphatic heterocycles. The average molecular weight is 324 g/mol. The molecule has 0 spiro atoms. The van der Waals surface area contributed by atoms with Crippen molar-refractivity contribution < 1.29 is 4.42 Å². The van der Waals surface area contributed by atoms with Crippen LogP contribution in [0.4, 0.5) is 0 Å². The van der Waals surface area contributed by atoms with Gasteiger partial charge in [-0.25, -0.2) is 0 Å². The van der Waals surface area contributed by atoms with Crippen LogP contribution >= 0.6 is 0 Å². The van der Waals surface area contributed by atoms with E-state index in [0.29, 0.717) is 6.04 Å². The van der Waals surface area contributed by atoms with Crippen molar-refractivity contribution in [1.82, 2.24) is 20.4 Å². The van der Waals surface area contributed by atoms with Crippen molar-refractivity contribution in [1.29, 1.82) is 0 Å². The summed E-state index contributed by atoms with van der Waals surface area (Å²) in [5.74, 6) is 1.06. The van der Waals surface area contributed by atoms with E-state index in [0.717, 1.165) is 42.8 Å². The van der Waals surface area contributed by atoms with Crippen molar-refractivity contribution in [2.45, 2.75) is 31.8 Å². The lowest BCUT2D eigenvalue weighted by Crippen LogP contribution is -2.38. The third kappa shape index (κ3) is 3.37. The lowest BCUT2D eigenvalue weighted by Gasteiger charge is -2.33. The maximum absolute atomic E-state index is 5.70. The monoisotopic (exact) mass is 324 g/mol. The molecule has 5 heteroatoms. The molecule has 1 saturated heterocycles. The van der Waals surface area contributed by atoms with E-state index in [1.165, 1.54) is 24.8 Å². The molecule has 126 valence electrons. The molecule has 3 heterocycles. The molecular formula is C19H24N4O. The molecule has 0 radical (unpaired) electrons. The van der Waals surface area contributed by atoms with E-state index in [-0.39, 0.29) is 0 Å². The van der Waals surface area contributed by atoms with Gasteiger partial charge in [0.1, 0.15) is 5.76 Å². The van der Waals surface area contributed by atoms with Gasteiger partial charge in [-0.15, -0.1) is 0 Å². The number of nitrogens with one attached hydrogen (secondary N) is 2. The van der Waals surface area contributed by atoms with Crippen molar-refractivity contribution >= 4 is 10.9 Å². The van der Waals surface area contributed by atoms with Gasteiger partial charge in [-0.2, -0.15) is 5.10 Å². The molecule has 0 aliphatic carbocycles. The Morgan fingerprint density at radius 2 is 2.12 bits per heavy atom. The maximum Gasteiger partial charge on any atom is 0.122 e. The summed E-state index contributed by atoms with van der Waals surface area (Å²) < 4.78 is 5.70. The van der Waals surface area contributed by atoms with Gasteiger partial charge >= 0.3 is 0 Å². The smallest absolute Gasteiger partial charge is 0.122 e. The van der Waals surface area contributed by atoms with Crippen molar-refractivity contribution in [3.05, 3.63) is 54.1 Å². The van der Waals surface area contributed by atoms with Crippen LogP contribution in [0.1, 0.15) is 36.6 Å². The van der Waals surface area contributed by atoms with E-state index < -0.39 is 0 Å². The van der Waals surface area contributed by atoms with Crippen LogP contribution in [-0.4, -0.2) is 34.7 Å². The standard InChI is InChI=1S/C19H24N4O/c1-2-8-23(9-3-1)18(19-5-4-10-24-19)14-20-12-15-6-7-16-13-21-22-17(16)11-15/h4-7,10-11,13,18,20H,1-3,8-9,12,14H2,(H,21,22). The van der Waals surface area contributed by atoms with E-state index in [1.54, 1.807) is 6.26 Å². The van der Waals surface area contributed by atoms with Gasteiger partial charge in [-0.05, 0) is 49.7 Å². The zero-order chi connectivity index (χ0) is 16.2. The van der Waals surface area contributed by atoms with Crippen LogP contribution in [0, 0.1) is 0 Å². The molecule has 2 N–H and O–H groups in total. The Morgan fingerprint density at radius 1 is 1.21 bits per heavy atom. The van der Waals surface area contributed by atoms with Crippen LogP contribution in [0.3, 0.4) is 0 Å². The Morgan fingerprint density at radius 3 is 2.96 bits per heavy atom. The molecule has 2 aromatic heterocycles. The Bertz CT molecular complexity index is 759. The molecule has 0 amide bonds. The summed E-state index contributed by atoms with van der Waals surface area (Å²) in [5.41, 5.74) is 2.36. The second kappa shape index (κ2) is 7.20. The van der Waals surface area contributed by atoms with Gasteiger partial charge in [0.2, 0.25) is 0 Å². The normalized spacial score (nSPS) is 17.3. The number of aromatic amines is 1. The van der Waals surface area contributed by atoms with Crippen LogP contribution in [0.15, 0.2) is 47.2 Å². The van der Waals surface area contributed by atoms with Gasteiger partial charge in [0, 0.05) is 18.5 Å². The van der Waals surface area contributed by atoms with Crippen LogP contribution in [0.25, 0.3) is 10.9 Å². The van der Waals surface area contributed by atoms with Gasteiger partial charge in [0.25, 0.3) is 0 Å². The first-order valence-electron chi connectivity index (χ1n) is 8.80. The highest BCUT2D eigenvalue weighted by atomic mass is 16.3. The van der Waals surface area contributed by atoms with E-state index >= 15 is 0 Å². The lowest BCUT2D eigenvalue weighted by atomic mass is 10.1. The second-order valence-electron chi connectivity index (χ2n) is 6.55.